The molecule has 0 aliphatic rings. The highest BCUT2D eigenvalue weighted by atomic mass is 127. The van der Waals surface area contributed by atoms with Gasteiger partial charge in [0, 0.05) is 4.43 Å². The quantitative estimate of drug-likeness (QED) is 0.682. The average molecular weight is 290 g/mol. The zero-order chi connectivity index (χ0) is 9.68. The van der Waals surface area contributed by atoms with Gasteiger partial charge < -0.3 is 5.11 Å². The molecule has 2 nitrogen and oxygen atoms in total. The Kier molecular flexibility index (Phi) is 4.21. The van der Waals surface area contributed by atoms with Crippen LogP contribution >= 0.6 is 22.6 Å². The fraction of sp³-hybridized carbons (Fsp3) is 0.300. The molecule has 0 atom stereocenters. The Bertz CT molecular complexity index is 279. The molecule has 3 heteroatoms. The number of carbonyl (C=O) groups is 1. The predicted octanol–water partition coefficient (Wildman–Crippen LogP) is 2.29. The van der Waals surface area contributed by atoms with Crippen molar-refractivity contribution in [1.29, 1.82) is 0 Å². The van der Waals surface area contributed by atoms with Crippen molar-refractivity contribution in [2.75, 3.05) is 4.43 Å². The third-order valence-electron chi connectivity index (χ3n) is 1.76. The van der Waals surface area contributed by atoms with E-state index in [4.69, 9.17) is 5.11 Å². The maximum absolute atomic E-state index is 10.4. The van der Waals surface area contributed by atoms with Gasteiger partial charge in [0.2, 0.25) is 0 Å². The van der Waals surface area contributed by atoms with E-state index in [1.807, 2.05) is 24.3 Å². The molecule has 0 aliphatic carbocycles. The van der Waals surface area contributed by atoms with Crippen LogP contribution in [-0.4, -0.2) is 15.5 Å². The first-order valence-corrected chi connectivity index (χ1v) is 5.60. The molecule has 70 valence electrons. The number of benzene rings is 1. The van der Waals surface area contributed by atoms with Crippen molar-refractivity contribution in [2.45, 2.75) is 12.8 Å². The van der Waals surface area contributed by atoms with Crippen molar-refractivity contribution < 1.29 is 9.90 Å². The zero-order valence-electron chi connectivity index (χ0n) is 7.16. The van der Waals surface area contributed by atoms with E-state index in [0.717, 1.165) is 16.4 Å². The molecule has 0 aliphatic heterocycles. The summed E-state index contributed by atoms with van der Waals surface area (Å²) >= 11 is 2.33. The molecule has 0 saturated carbocycles. The molecule has 1 aromatic carbocycles. The van der Waals surface area contributed by atoms with Gasteiger partial charge in [-0.25, -0.2) is 0 Å². The molecule has 0 bridgehead atoms. The maximum Gasteiger partial charge on any atom is 0.307 e. The topological polar surface area (TPSA) is 37.3 Å². The third kappa shape index (κ3) is 3.76. The summed E-state index contributed by atoms with van der Waals surface area (Å²) < 4.78 is 1.09. The lowest BCUT2D eigenvalue weighted by molar-refractivity contribution is -0.136. The minimum absolute atomic E-state index is 0.116. The Morgan fingerprint density at radius 1 is 1.23 bits per heavy atom. The lowest BCUT2D eigenvalue weighted by Gasteiger charge is -1.99. The van der Waals surface area contributed by atoms with E-state index in [0.29, 0.717) is 0 Å². The highest BCUT2D eigenvalue weighted by Gasteiger charge is 1.99. The van der Waals surface area contributed by atoms with Crippen LogP contribution in [0.1, 0.15) is 11.1 Å². The summed E-state index contributed by atoms with van der Waals surface area (Å²) in [6, 6.07) is 7.76. The van der Waals surface area contributed by atoms with Crippen LogP contribution in [0.15, 0.2) is 24.3 Å². The second kappa shape index (κ2) is 5.21. The van der Waals surface area contributed by atoms with E-state index in [9.17, 15) is 4.79 Å². The SMILES string of the molecule is O=C(O)Cc1ccc(CCI)cc1. The Morgan fingerprint density at radius 3 is 2.23 bits per heavy atom. The normalized spacial score (nSPS) is 9.92. The van der Waals surface area contributed by atoms with Gasteiger partial charge in [0.15, 0.2) is 0 Å². The van der Waals surface area contributed by atoms with E-state index in [-0.39, 0.29) is 6.42 Å². The number of carboxylic acid groups (broad SMARTS) is 1. The van der Waals surface area contributed by atoms with Gasteiger partial charge in [0.1, 0.15) is 0 Å². The van der Waals surface area contributed by atoms with E-state index >= 15 is 0 Å². The molecular formula is C10H11IO2. The molecule has 13 heavy (non-hydrogen) atoms. The maximum atomic E-state index is 10.4. The van der Waals surface area contributed by atoms with Gasteiger partial charge >= 0.3 is 5.97 Å². The molecule has 1 N–H and O–H groups in total. The van der Waals surface area contributed by atoms with Crippen LogP contribution in [-0.2, 0) is 17.6 Å². The summed E-state index contributed by atoms with van der Waals surface area (Å²) in [5.74, 6) is -0.776. The van der Waals surface area contributed by atoms with Crippen molar-refractivity contribution >= 4 is 28.6 Å². The van der Waals surface area contributed by atoms with Crippen molar-refractivity contribution in [3.8, 4) is 0 Å². The number of aryl methyl sites for hydroxylation is 1. The summed E-state index contributed by atoms with van der Waals surface area (Å²) in [4.78, 5) is 10.4. The standard InChI is InChI=1S/C10H11IO2/c11-6-5-8-1-3-9(4-2-8)7-10(12)13/h1-4H,5-7H2,(H,12,13). The summed E-state index contributed by atoms with van der Waals surface area (Å²) in [5, 5.41) is 8.54. The van der Waals surface area contributed by atoms with Gasteiger partial charge in [-0.05, 0) is 17.5 Å². The first kappa shape index (κ1) is 10.5. The minimum Gasteiger partial charge on any atom is -0.481 e. The number of alkyl halides is 1. The summed E-state index contributed by atoms with van der Waals surface area (Å²) in [5.41, 5.74) is 2.13. The monoisotopic (exact) mass is 290 g/mol. The van der Waals surface area contributed by atoms with Gasteiger partial charge in [-0.15, -0.1) is 0 Å². The number of aliphatic carboxylic acids is 1. The lowest BCUT2D eigenvalue weighted by atomic mass is 10.1. The van der Waals surface area contributed by atoms with Crippen LogP contribution in [0.5, 0.6) is 0 Å². The predicted molar refractivity (Wildman–Crippen MR) is 60.4 cm³/mol. The molecule has 0 aromatic heterocycles. The van der Waals surface area contributed by atoms with Gasteiger partial charge in [0.25, 0.3) is 0 Å². The molecular weight excluding hydrogens is 279 g/mol. The van der Waals surface area contributed by atoms with Crippen LogP contribution in [0.4, 0.5) is 0 Å². The molecule has 0 saturated heterocycles. The molecule has 0 radical (unpaired) electrons. The summed E-state index contributed by atoms with van der Waals surface area (Å²) in [7, 11) is 0. The van der Waals surface area contributed by atoms with Gasteiger partial charge in [-0.3, -0.25) is 4.79 Å². The molecule has 0 heterocycles. The number of rotatable bonds is 4. The van der Waals surface area contributed by atoms with Crippen LogP contribution in [0, 0.1) is 0 Å². The smallest absolute Gasteiger partial charge is 0.307 e. The third-order valence-corrected chi connectivity index (χ3v) is 2.30. The average Bonchev–Trinajstić information content (AvgIpc) is 2.08. The second-order valence-electron chi connectivity index (χ2n) is 2.83. The van der Waals surface area contributed by atoms with E-state index in [2.05, 4.69) is 22.6 Å². The first-order valence-electron chi connectivity index (χ1n) is 4.08. The summed E-state index contributed by atoms with van der Waals surface area (Å²) in [6.45, 7) is 0. The van der Waals surface area contributed by atoms with Crippen molar-refractivity contribution in [3.63, 3.8) is 0 Å². The number of halogens is 1. The van der Waals surface area contributed by atoms with E-state index < -0.39 is 5.97 Å². The highest BCUT2D eigenvalue weighted by molar-refractivity contribution is 14.1. The Labute approximate surface area is 91.1 Å². The van der Waals surface area contributed by atoms with Crippen LogP contribution < -0.4 is 0 Å². The van der Waals surface area contributed by atoms with E-state index in [1.165, 1.54) is 5.56 Å². The number of carboxylic acids is 1. The second-order valence-corrected chi connectivity index (χ2v) is 3.90. The number of hydrogen-bond donors (Lipinski definition) is 1. The van der Waals surface area contributed by atoms with E-state index in [1.54, 1.807) is 0 Å². The highest BCUT2D eigenvalue weighted by Crippen LogP contribution is 2.06. The molecule has 0 fully saturated rings. The molecule has 0 spiro atoms. The van der Waals surface area contributed by atoms with Crippen molar-refractivity contribution in [2.24, 2.45) is 0 Å². The summed E-state index contributed by atoms with van der Waals surface area (Å²) in [6.07, 6.45) is 1.17. The molecule has 0 unspecified atom stereocenters. The molecule has 1 aromatic rings. The Balaban J connectivity index is 2.64. The van der Waals surface area contributed by atoms with Crippen molar-refractivity contribution in [3.05, 3.63) is 35.4 Å². The van der Waals surface area contributed by atoms with Gasteiger partial charge in [0.05, 0.1) is 6.42 Å². The van der Waals surface area contributed by atoms with Crippen LogP contribution in [0.3, 0.4) is 0 Å². The largest absolute Gasteiger partial charge is 0.481 e. The van der Waals surface area contributed by atoms with Crippen molar-refractivity contribution in [1.82, 2.24) is 0 Å². The lowest BCUT2D eigenvalue weighted by Crippen LogP contribution is -1.99. The minimum atomic E-state index is -0.776. The Morgan fingerprint density at radius 2 is 1.77 bits per heavy atom. The van der Waals surface area contributed by atoms with Crippen LogP contribution in [0.25, 0.3) is 0 Å². The number of hydrogen-bond acceptors (Lipinski definition) is 1. The first-order chi connectivity index (χ1) is 6.22. The zero-order valence-corrected chi connectivity index (χ0v) is 9.32. The molecule has 1 rings (SSSR count). The fourth-order valence-electron chi connectivity index (χ4n) is 1.11. The Hall–Kier alpha value is -0.580. The van der Waals surface area contributed by atoms with Gasteiger partial charge in [-0.2, -0.15) is 0 Å². The fourth-order valence-corrected chi connectivity index (χ4v) is 1.73. The molecule has 0 amide bonds. The van der Waals surface area contributed by atoms with Gasteiger partial charge in [-0.1, -0.05) is 46.9 Å². The van der Waals surface area contributed by atoms with Crippen LogP contribution in [0.2, 0.25) is 0 Å².